The molecule has 0 aliphatic rings. The Morgan fingerprint density at radius 3 is 2.16 bits per heavy atom. The first-order chi connectivity index (χ1) is 9.20. The number of nitriles is 1. The van der Waals surface area contributed by atoms with Gasteiger partial charge in [-0.05, 0) is 30.2 Å². The Morgan fingerprint density at radius 2 is 1.58 bits per heavy atom. The molecular weight excluding hydrogens is 274 g/mol. The summed E-state index contributed by atoms with van der Waals surface area (Å²) in [6.45, 7) is 1.93. The summed E-state index contributed by atoms with van der Waals surface area (Å²) in [6, 6.07) is 20.4. The number of halogens is 1. The normalized spacial score (nSPS) is 13.5. The van der Waals surface area contributed by atoms with E-state index in [4.69, 9.17) is 16.9 Å². The first-order valence-corrected chi connectivity index (χ1v) is 7.38. The summed E-state index contributed by atoms with van der Waals surface area (Å²) in [6.07, 6.45) is 0. The fourth-order valence-electron chi connectivity index (χ4n) is 1.85. The summed E-state index contributed by atoms with van der Waals surface area (Å²) in [5.74, 6) is 0. The Hall–Kier alpha value is -1.43. The standard InChI is InChI=1S/C16H14ClNS/c1-12(11-18)19-16(13-5-3-2-4-6-13)14-7-9-15(17)10-8-14/h2-10,12,16H,1H3. The minimum atomic E-state index is -0.0547. The van der Waals surface area contributed by atoms with Crippen molar-refractivity contribution in [1.82, 2.24) is 0 Å². The third-order valence-corrected chi connectivity index (χ3v) is 4.38. The molecule has 0 bridgehead atoms. The molecule has 0 amide bonds. The minimum absolute atomic E-state index is 0.0547. The fraction of sp³-hybridized carbons (Fsp3) is 0.188. The van der Waals surface area contributed by atoms with Gasteiger partial charge >= 0.3 is 0 Å². The number of hydrogen-bond donors (Lipinski definition) is 0. The molecule has 96 valence electrons. The maximum Gasteiger partial charge on any atom is 0.0898 e. The predicted molar refractivity (Wildman–Crippen MR) is 82.4 cm³/mol. The highest BCUT2D eigenvalue weighted by Gasteiger charge is 2.17. The fourth-order valence-corrected chi connectivity index (χ4v) is 3.07. The zero-order valence-electron chi connectivity index (χ0n) is 10.6. The van der Waals surface area contributed by atoms with Crippen LogP contribution in [0.1, 0.15) is 23.3 Å². The van der Waals surface area contributed by atoms with Gasteiger partial charge in [-0.15, -0.1) is 11.8 Å². The van der Waals surface area contributed by atoms with Gasteiger partial charge in [0.15, 0.2) is 0 Å². The van der Waals surface area contributed by atoms with Gasteiger partial charge in [-0.3, -0.25) is 0 Å². The van der Waals surface area contributed by atoms with E-state index >= 15 is 0 Å². The van der Waals surface area contributed by atoms with Gasteiger partial charge in [0.25, 0.3) is 0 Å². The summed E-state index contributed by atoms with van der Waals surface area (Å²) in [5, 5.41) is 9.87. The molecule has 0 aliphatic carbocycles. The molecule has 1 nitrogen and oxygen atoms in total. The van der Waals surface area contributed by atoms with Gasteiger partial charge in [0.2, 0.25) is 0 Å². The third kappa shape index (κ3) is 3.76. The Bertz CT molecular complexity index is 560. The van der Waals surface area contributed by atoms with Crippen LogP contribution in [0.25, 0.3) is 0 Å². The van der Waals surface area contributed by atoms with Gasteiger partial charge in [-0.25, -0.2) is 0 Å². The Balaban J connectivity index is 2.34. The molecule has 0 spiro atoms. The van der Waals surface area contributed by atoms with Crippen molar-refractivity contribution in [1.29, 1.82) is 5.26 Å². The molecular formula is C16H14ClNS. The van der Waals surface area contributed by atoms with E-state index in [0.29, 0.717) is 0 Å². The molecule has 19 heavy (non-hydrogen) atoms. The summed E-state index contributed by atoms with van der Waals surface area (Å²) >= 11 is 7.59. The minimum Gasteiger partial charge on any atom is -0.197 e. The van der Waals surface area contributed by atoms with Crippen molar-refractivity contribution in [3.8, 4) is 6.07 Å². The van der Waals surface area contributed by atoms with Gasteiger partial charge in [-0.1, -0.05) is 54.1 Å². The molecule has 2 aromatic carbocycles. The second-order valence-electron chi connectivity index (χ2n) is 4.25. The smallest absolute Gasteiger partial charge is 0.0898 e. The van der Waals surface area contributed by atoms with E-state index in [-0.39, 0.29) is 10.5 Å². The van der Waals surface area contributed by atoms with Gasteiger partial charge < -0.3 is 0 Å². The van der Waals surface area contributed by atoms with Crippen molar-refractivity contribution in [3.05, 3.63) is 70.7 Å². The molecule has 0 N–H and O–H groups in total. The van der Waals surface area contributed by atoms with Crippen LogP contribution in [0.3, 0.4) is 0 Å². The van der Waals surface area contributed by atoms with Crippen molar-refractivity contribution in [2.24, 2.45) is 0 Å². The molecule has 0 saturated carbocycles. The first kappa shape index (κ1) is 14.0. The monoisotopic (exact) mass is 287 g/mol. The highest BCUT2D eigenvalue weighted by molar-refractivity contribution is 8.00. The third-order valence-electron chi connectivity index (χ3n) is 2.80. The largest absolute Gasteiger partial charge is 0.197 e. The lowest BCUT2D eigenvalue weighted by atomic mass is 10.0. The zero-order chi connectivity index (χ0) is 13.7. The average molecular weight is 288 g/mol. The van der Waals surface area contributed by atoms with Crippen LogP contribution in [0, 0.1) is 11.3 Å². The molecule has 0 aliphatic heterocycles. The van der Waals surface area contributed by atoms with E-state index in [1.165, 1.54) is 11.1 Å². The molecule has 3 heteroatoms. The molecule has 2 aromatic rings. The van der Waals surface area contributed by atoms with Crippen molar-refractivity contribution in [2.45, 2.75) is 17.4 Å². The lowest BCUT2D eigenvalue weighted by Crippen LogP contribution is -2.02. The molecule has 0 heterocycles. The van der Waals surface area contributed by atoms with Crippen molar-refractivity contribution in [2.75, 3.05) is 0 Å². The van der Waals surface area contributed by atoms with Gasteiger partial charge in [0, 0.05) is 5.02 Å². The molecule has 0 saturated heterocycles. The lowest BCUT2D eigenvalue weighted by molar-refractivity contribution is 1.13. The van der Waals surface area contributed by atoms with Crippen LogP contribution in [-0.2, 0) is 0 Å². The Kier molecular flexibility index (Phi) is 4.90. The maximum absolute atomic E-state index is 9.03. The average Bonchev–Trinajstić information content (AvgIpc) is 2.46. The lowest BCUT2D eigenvalue weighted by Gasteiger charge is -2.18. The highest BCUT2D eigenvalue weighted by Crippen LogP contribution is 2.38. The van der Waals surface area contributed by atoms with Crippen molar-refractivity contribution in [3.63, 3.8) is 0 Å². The van der Waals surface area contributed by atoms with Gasteiger partial charge in [-0.2, -0.15) is 5.26 Å². The van der Waals surface area contributed by atoms with Gasteiger partial charge in [0.05, 0.1) is 16.6 Å². The molecule has 0 aromatic heterocycles. The van der Waals surface area contributed by atoms with E-state index in [1.54, 1.807) is 11.8 Å². The molecule has 0 radical (unpaired) electrons. The summed E-state index contributed by atoms with van der Waals surface area (Å²) < 4.78 is 0. The summed E-state index contributed by atoms with van der Waals surface area (Å²) in [5.41, 5.74) is 2.37. The van der Waals surface area contributed by atoms with E-state index < -0.39 is 0 Å². The van der Waals surface area contributed by atoms with Crippen LogP contribution in [0.5, 0.6) is 0 Å². The van der Waals surface area contributed by atoms with Crippen LogP contribution in [0.4, 0.5) is 0 Å². The van der Waals surface area contributed by atoms with E-state index in [0.717, 1.165) is 5.02 Å². The van der Waals surface area contributed by atoms with Crippen LogP contribution in [-0.4, -0.2) is 5.25 Å². The SMILES string of the molecule is CC(C#N)SC(c1ccccc1)c1ccc(Cl)cc1. The van der Waals surface area contributed by atoms with Crippen molar-refractivity contribution < 1.29 is 0 Å². The van der Waals surface area contributed by atoms with Gasteiger partial charge in [0.1, 0.15) is 0 Å². The van der Waals surface area contributed by atoms with Crippen LogP contribution in [0.15, 0.2) is 54.6 Å². The number of hydrogen-bond acceptors (Lipinski definition) is 2. The van der Waals surface area contributed by atoms with E-state index in [9.17, 15) is 0 Å². The quantitative estimate of drug-likeness (QED) is 0.783. The molecule has 2 rings (SSSR count). The molecule has 2 unspecified atom stereocenters. The number of nitrogens with zero attached hydrogens (tertiary/aromatic N) is 1. The molecule has 0 fully saturated rings. The topological polar surface area (TPSA) is 23.8 Å². The second kappa shape index (κ2) is 6.65. The van der Waals surface area contributed by atoms with E-state index in [1.807, 2.05) is 49.4 Å². The van der Waals surface area contributed by atoms with Crippen LogP contribution >= 0.6 is 23.4 Å². The highest BCUT2D eigenvalue weighted by atomic mass is 35.5. The summed E-state index contributed by atoms with van der Waals surface area (Å²) in [7, 11) is 0. The van der Waals surface area contributed by atoms with Crippen LogP contribution < -0.4 is 0 Å². The second-order valence-corrected chi connectivity index (χ2v) is 6.14. The number of benzene rings is 2. The van der Waals surface area contributed by atoms with Crippen molar-refractivity contribution >= 4 is 23.4 Å². The predicted octanol–water partition coefficient (Wildman–Crippen LogP) is 5.07. The maximum atomic E-state index is 9.03. The Labute approximate surface area is 123 Å². The Morgan fingerprint density at radius 1 is 1.00 bits per heavy atom. The first-order valence-electron chi connectivity index (χ1n) is 6.06. The summed E-state index contributed by atoms with van der Waals surface area (Å²) in [4.78, 5) is 0. The molecule has 2 atom stereocenters. The van der Waals surface area contributed by atoms with Crippen LogP contribution in [0.2, 0.25) is 5.02 Å². The zero-order valence-corrected chi connectivity index (χ0v) is 12.2. The number of thioether (sulfide) groups is 1. The van der Waals surface area contributed by atoms with E-state index in [2.05, 4.69) is 18.2 Å². The number of rotatable bonds is 4.